The van der Waals surface area contributed by atoms with E-state index in [4.69, 9.17) is 9.47 Å². The molecule has 0 spiro atoms. The third-order valence-electron chi connectivity index (χ3n) is 4.38. The molecule has 0 fully saturated rings. The van der Waals surface area contributed by atoms with Gasteiger partial charge in [0.25, 0.3) is 0 Å². The molecule has 1 N–H and O–H groups in total. The molecule has 1 aromatic carbocycles. The fraction of sp³-hybridized carbons (Fsp3) is 0.611. The first-order valence-electron chi connectivity index (χ1n) is 8.47. The molecule has 0 radical (unpaired) electrons. The molecular formula is C18H28N2O3. The van der Waals surface area contributed by atoms with Crippen molar-refractivity contribution in [3.05, 3.63) is 28.8 Å². The predicted octanol–water partition coefficient (Wildman–Crippen LogP) is 3.10. The van der Waals surface area contributed by atoms with Crippen LogP contribution < -0.4 is 10.1 Å². The first-order valence-corrected chi connectivity index (χ1v) is 8.47. The summed E-state index contributed by atoms with van der Waals surface area (Å²) < 4.78 is 10.7. The van der Waals surface area contributed by atoms with Crippen LogP contribution in [-0.2, 0) is 24.2 Å². The van der Waals surface area contributed by atoms with Gasteiger partial charge in [-0.15, -0.1) is 0 Å². The monoisotopic (exact) mass is 320 g/mol. The highest BCUT2D eigenvalue weighted by molar-refractivity contribution is 5.69. The molecule has 5 heteroatoms. The third kappa shape index (κ3) is 3.96. The molecule has 0 aliphatic carbocycles. The van der Waals surface area contributed by atoms with E-state index in [1.807, 2.05) is 11.8 Å². The summed E-state index contributed by atoms with van der Waals surface area (Å²) in [6, 6.07) is 4.49. The molecule has 5 nitrogen and oxygen atoms in total. The van der Waals surface area contributed by atoms with E-state index >= 15 is 0 Å². The highest BCUT2D eigenvalue weighted by Gasteiger charge is 2.30. The maximum atomic E-state index is 12.2. The third-order valence-corrected chi connectivity index (χ3v) is 4.38. The number of benzene rings is 1. The van der Waals surface area contributed by atoms with Gasteiger partial charge in [-0.2, -0.15) is 0 Å². The van der Waals surface area contributed by atoms with Gasteiger partial charge in [0.05, 0.1) is 13.7 Å². The molecule has 128 valence electrons. The number of hydrogen-bond acceptors (Lipinski definition) is 4. The van der Waals surface area contributed by atoms with Crippen molar-refractivity contribution in [2.75, 3.05) is 20.3 Å². The molecule has 1 heterocycles. The summed E-state index contributed by atoms with van der Waals surface area (Å²) in [6.45, 7) is 8.76. The topological polar surface area (TPSA) is 50.8 Å². The van der Waals surface area contributed by atoms with Gasteiger partial charge in [-0.05, 0) is 43.5 Å². The summed E-state index contributed by atoms with van der Waals surface area (Å²) in [6.07, 6.45) is 1.57. The van der Waals surface area contributed by atoms with Crippen molar-refractivity contribution < 1.29 is 14.3 Å². The number of nitrogens with zero attached hydrogens (tertiary/aromatic N) is 1. The highest BCUT2D eigenvalue weighted by Crippen LogP contribution is 2.31. The number of rotatable bonds is 6. The number of carbonyl (C=O) groups excluding carboxylic acids is 1. The molecule has 2 rings (SSSR count). The fourth-order valence-electron chi connectivity index (χ4n) is 3.10. The van der Waals surface area contributed by atoms with Gasteiger partial charge in [-0.1, -0.05) is 19.9 Å². The van der Waals surface area contributed by atoms with E-state index in [9.17, 15) is 4.79 Å². The molecule has 0 saturated carbocycles. The quantitative estimate of drug-likeness (QED) is 0.875. The van der Waals surface area contributed by atoms with E-state index in [1.54, 1.807) is 7.11 Å². The lowest BCUT2D eigenvalue weighted by Gasteiger charge is -2.36. The number of fused-ring (bicyclic) bond motifs is 1. The Balaban J connectivity index is 2.29. The molecule has 1 aromatic rings. The second-order valence-corrected chi connectivity index (χ2v) is 5.81. The van der Waals surface area contributed by atoms with Crippen molar-refractivity contribution in [3.8, 4) is 5.75 Å². The Morgan fingerprint density at radius 3 is 2.70 bits per heavy atom. The van der Waals surface area contributed by atoms with Gasteiger partial charge in [-0.3, -0.25) is 0 Å². The Kier molecular flexibility index (Phi) is 6.28. The van der Waals surface area contributed by atoms with Crippen LogP contribution in [0.1, 0.15) is 43.9 Å². The summed E-state index contributed by atoms with van der Waals surface area (Å²) in [5.41, 5.74) is 3.64. The minimum Gasteiger partial charge on any atom is -0.496 e. The molecule has 1 atom stereocenters. The van der Waals surface area contributed by atoms with Crippen molar-refractivity contribution in [1.82, 2.24) is 10.2 Å². The maximum absolute atomic E-state index is 12.2. The Labute approximate surface area is 139 Å². The molecular weight excluding hydrogens is 292 g/mol. The molecule has 1 aliphatic heterocycles. The van der Waals surface area contributed by atoms with Gasteiger partial charge < -0.3 is 19.7 Å². The van der Waals surface area contributed by atoms with E-state index in [-0.39, 0.29) is 12.1 Å². The second kappa shape index (κ2) is 8.20. The van der Waals surface area contributed by atoms with Gasteiger partial charge in [0.2, 0.25) is 0 Å². The second-order valence-electron chi connectivity index (χ2n) is 5.81. The summed E-state index contributed by atoms with van der Waals surface area (Å²) in [5.74, 6) is 0.878. The van der Waals surface area contributed by atoms with Crippen LogP contribution in [-0.4, -0.2) is 37.3 Å². The van der Waals surface area contributed by atoms with Crippen molar-refractivity contribution >= 4 is 6.09 Å². The normalized spacial score (nSPS) is 16.9. The number of nitrogens with one attached hydrogen (secondary N) is 1. The Hall–Kier alpha value is -1.75. The van der Waals surface area contributed by atoms with Crippen molar-refractivity contribution in [2.24, 2.45) is 0 Å². The van der Waals surface area contributed by atoms with Crippen LogP contribution in [0, 0.1) is 0 Å². The summed E-state index contributed by atoms with van der Waals surface area (Å²) in [5, 5.41) is 3.35. The molecule has 1 amide bonds. The number of hydrogen-bond donors (Lipinski definition) is 1. The number of methoxy groups -OCH3 is 1. The first-order chi connectivity index (χ1) is 11.1. The van der Waals surface area contributed by atoms with Gasteiger partial charge in [0, 0.05) is 24.7 Å². The molecule has 0 aromatic heterocycles. The maximum Gasteiger partial charge on any atom is 0.410 e. The molecule has 1 unspecified atom stereocenters. The SMILES string of the molecule is CCNCc1cc2c(cc1OC)CN(C(=O)OCC)C(CC)C2. The van der Waals surface area contributed by atoms with Gasteiger partial charge in [0.15, 0.2) is 0 Å². The zero-order valence-electron chi connectivity index (χ0n) is 14.6. The summed E-state index contributed by atoms with van der Waals surface area (Å²) in [4.78, 5) is 14.0. The average Bonchev–Trinajstić information content (AvgIpc) is 2.57. The van der Waals surface area contributed by atoms with Crippen molar-refractivity contribution in [1.29, 1.82) is 0 Å². The standard InChI is InChI=1S/C18H28N2O3/c1-5-16-9-13-8-14(11-19-6-2)17(22-4)10-15(13)12-20(16)18(21)23-7-3/h8,10,16,19H,5-7,9,11-12H2,1-4H3. The van der Waals surface area contributed by atoms with Crippen LogP contribution in [0.4, 0.5) is 4.79 Å². The Morgan fingerprint density at radius 2 is 2.09 bits per heavy atom. The van der Waals surface area contributed by atoms with Crippen LogP contribution in [0.25, 0.3) is 0 Å². The molecule has 0 saturated heterocycles. The molecule has 1 aliphatic rings. The minimum absolute atomic E-state index is 0.196. The lowest BCUT2D eigenvalue weighted by Crippen LogP contribution is -2.44. The largest absolute Gasteiger partial charge is 0.496 e. The van der Waals surface area contributed by atoms with E-state index in [2.05, 4.69) is 31.3 Å². The van der Waals surface area contributed by atoms with Crippen molar-refractivity contribution in [3.63, 3.8) is 0 Å². The van der Waals surface area contributed by atoms with Crippen LogP contribution in [0.3, 0.4) is 0 Å². The Morgan fingerprint density at radius 1 is 1.30 bits per heavy atom. The van der Waals surface area contributed by atoms with Gasteiger partial charge >= 0.3 is 6.09 Å². The lowest BCUT2D eigenvalue weighted by atomic mass is 9.91. The zero-order valence-corrected chi connectivity index (χ0v) is 14.6. The van der Waals surface area contributed by atoms with E-state index in [1.165, 1.54) is 11.1 Å². The Bertz CT molecular complexity index is 545. The fourth-order valence-corrected chi connectivity index (χ4v) is 3.10. The van der Waals surface area contributed by atoms with Crippen molar-refractivity contribution in [2.45, 2.75) is 52.7 Å². The summed E-state index contributed by atoms with van der Waals surface area (Å²) in [7, 11) is 1.69. The van der Waals surface area contributed by atoms with E-state index < -0.39 is 0 Å². The summed E-state index contributed by atoms with van der Waals surface area (Å²) >= 11 is 0. The zero-order chi connectivity index (χ0) is 16.8. The molecule has 0 bridgehead atoms. The molecule has 23 heavy (non-hydrogen) atoms. The van der Waals surface area contributed by atoms with E-state index in [0.29, 0.717) is 13.2 Å². The van der Waals surface area contributed by atoms with E-state index in [0.717, 1.165) is 37.2 Å². The smallest absolute Gasteiger partial charge is 0.410 e. The van der Waals surface area contributed by atoms with Crippen LogP contribution >= 0.6 is 0 Å². The number of amides is 1. The van der Waals surface area contributed by atoms with Crippen LogP contribution in [0.15, 0.2) is 12.1 Å². The highest BCUT2D eigenvalue weighted by atomic mass is 16.6. The van der Waals surface area contributed by atoms with Gasteiger partial charge in [-0.25, -0.2) is 4.79 Å². The average molecular weight is 320 g/mol. The lowest BCUT2D eigenvalue weighted by molar-refractivity contribution is 0.0813. The van der Waals surface area contributed by atoms with Crippen LogP contribution in [0.5, 0.6) is 5.75 Å². The van der Waals surface area contributed by atoms with Crippen LogP contribution in [0.2, 0.25) is 0 Å². The number of carbonyl (C=O) groups is 1. The van der Waals surface area contributed by atoms with Gasteiger partial charge in [0.1, 0.15) is 5.75 Å². The number of ether oxygens (including phenoxy) is 2. The predicted molar refractivity (Wildman–Crippen MR) is 90.7 cm³/mol. The first kappa shape index (κ1) is 17.6. The minimum atomic E-state index is -0.222.